The minimum atomic E-state index is -4.07. The molecular weight excluding hydrogens is 478 g/mol. The number of phenolic OH excluding ortho intramolecular Hbond substituents is 1. The van der Waals surface area contributed by atoms with Crippen LogP contribution in [0.25, 0.3) is 11.3 Å². The zero-order chi connectivity index (χ0) is 26.0. The van der Waals surface area contributed by atoms with Gasteiger partial charge in [0.1, 0.15) is 23.1 Å². The molecule has 36 heavy (non-hydrogen) atoms. The summed E-state index contributed by atoms with van der Waals surface area (Å²) < 4.78 is 31.9. The molecule has 184 valence electrons. The molecule has 0 atom stereocenters. The van der Waals surface area contributed by atoms with E-state index in [0.717, 1.165) is 16.7 Å². The van der Waals surface area contributed by atoms with Crippen molar-refractivity contribution in [3.8, 4) is 28.6 Å². The van der Waals surface area contributed by atoms with Crippen molar-refractivity contribution in [3.63, 3.8) is 0 Å². The first-order valence-corrected chi connectivity index (χ1v) is 12.7. The molecule has 8 nitrogen and oxygen atoms in total. The molecule has 0 unspecified atom stereocenters. The number of sulfone groups is 1. The molecular formula is C27H25N3O5S. The highest BCUT2D eigenvalue weighted by Crippen LogP contribution is 2.33. The fraction of sp³-hybridized carbons (Fsp3) is 0.148. The molecule has 4 rings (SSSR count). The number of aromatic nitrogens is 2. The highest BCUT2D eigenvalue weighted by Gasteiger charge is 2.26. The number of hydrogen-bond donors (Lipinski definition) is 2. The van der Waals surface area contributed by atoms with E-state index in [1.165, 1.54) is 36.4 Å². The van der Waals surface area contributed by atoms with Crippen molar-refractivity contribution in [2.45, 2.75) is 25.8 Å². The molecule has 0 saturated carbocycles. The smallest absolute Gasteiger partial charge is 0.230 e. The first-order chi connectivity index (χ1) is 17.0. The van der Waals surface area contributed by atoms with Gasteiger partial charge in [-0.2, -0.15) is 0 Å². The third-order valence-electron chi connectivity index (χ3n) is 5.49. The zero-order valence-electron chi connectivity index (χ0n) is 20.0. The van der Waals surface area contributed by atoms with Gasteiger partial charge in [-0.15, -0.1) is 0 Å². The van der Waals surface area contributed by atoms with Crippen molar-refractivity contribution < 1.29 is 23.1 Å². The summed E-state index contributed by atoms with van der Waals surface area (Å²) in [6, 6.07) is 17.7. The van der Waals surface area contributed by atoms with Gasteiger partial charge in [0.2, 0.25) is 15.7 Å². The number of aromatic hydroxyl groups is 1. The molecule has 0 amide bonds. The van der Waals surface area contributed by atoms with Crippen LogP contribution in [0.4, 0.5) is 5.82 Å². The number of nitrogens with two attached hydrogens (primary N) is 1. The van der Waals surface area contributed by atoms with Crippen LogP contribution in [-0.2, 0) is 9.84 Å². The third-order valence-corrected chi connectivity index (χ3v) is 7.00. The second-order valence-corrected chi connectivity index (χ2v) is 10.4. The Bertz CT molecular complexity index is 1560. The molecule has 9 heteroatoms. The van der Waals surface area contributed by atoms with Gasteiger partial charge in [0.05, 0.1) is 11.3 Å². The average molecular weight is 504 g/mol. The Labute approximate surface area is 209 Å². The SMILES string of the molecule is Cc1cc(C)c(Oc2nc(-c3cccc(O)c3)ccc2C(=O)CS(=O)(=O)c2cccc(N)n2)c(C)c1. The van der Waals surface area contributed by atoms with Gasteiger partial charge in [-0.05, 0) is 68.3 Å². The quantitative estimate of drug-likeness (QED) is 0.344. The highest BCUT2D eigenvalue weighted by atomic mass is 32.2. The lowest BCUT2D eigenvalue weighted by Gasteiger charge is -2.16. The first-order valence-electron chi connectivity index (χ1n) is 11.1. The van der Waals surface area contributed by atoms with Gasteiger partial charge in [0.25, 0.3) is 0 Å². The molecule has 0 aliphatic heterocycles. The number of phenols is 1. The number of rotatable bonds is 7. The number of nitrogens with zero attached hydrogens (tertiary/aromatic N) is 2. The maximum atomic E-state index is 13.3. The van der Waals surface area contributed by atoms with Crippen LogP contribution in [0.15, 0.2) is 71.8 Å². The predicted octanol–water partition coefficient (Wildman–Crippen LogP) is 4.81. The number of benzene rings is 2. The van der Waals surface area contributed by atoms with Crippen LogP contribution in [0, 0.1) is 20.8 Å². The molecule has 3 N–H and O–H groups in total. The van der Waals surface area contributed by atoms with Crippen LogP contribution in [0.3, 0.4) is 0 Å². The van der Waals surface area contributed by atoms with Gasteiger partial charge < -0.3 is 15.6 Å². The van der Waals surface area contributed by atoms with Crippen LogP contribution in [0.2, 0.25) is 0 Å². The van der Waals surface area contributed by atoms with E-state index in [4.69, 9.17) is 10.5 Å². The minimum Gasteiger partial charge on any atom is -0.508 e. The van der Waals surface area contributed by atoms with E-state index in [9.17, 15) is 18.3 Å². The molecule has 0 saturated heterocycles. The molecule has 0 fully saturated rings. The van der Waals surface area contributed by atoms with Crippen molar-refractivity contribution in [1.82, 2.24) is 9.97 Å². The number of nitrogen functional groups attached to an aromatic ring is 1. The second-order valence-electron chi connectivity index (χ2n) is 8.51. The fourth-order valence-electron chi connectivity index (χ4n) is 3.91. The van der Waals surface area contributed by atoms with Gasteiger partial charge in [-0.1, -0.05) is 35.9 Å². The Morgan fingerprint density at radius 1 is 0.944 bits per heavy atom. The number of ether oxygens (including phenoxy) is 1. The Balaban J connectivity index is 1.78. The minimum absolute atomic E-state index is 0.00533. The normalized spacial score (nSPS) is 11.3. The number of hydrogen-bond acceptors (Lipinski definition) is 8. The van der Waals surface area contributed by atoms with E-state index in [1.807, 2.05) is 32.9 Å². The molecule has 0 aliphatic rings. The van der Waals surface area contributed by atoms with Crippen molar-refractivity contribution in [2.24, 2.45) is 0 Å². The van der Waals surface area contributed by atoms with Crippen LogP contribution in [0.1, 0.15) is 27.0 Å². The predicted molar refractivity (Wildman–Crippen MR) is 137 cm³/mol. The molecule has 0 aliphatic carbocycles. The van der Waals surface area contributed by atoms with Crippen molar-refractivity contribution in [3.05, 3.63) is 89.0 Å². The van der Waals surface area contributed by atoms with Crippen LogP contribution >= 0.6 is 0 Å². The van der Waals surface area contributed by atoms with E-state index >= 15 is 0 Å². The van der Waals surface area contributed by atoms with Gasteiger partial charge in [0, 0.05) is 5.56 Å². The van der Waals surface area contributed by atoms with Crippen molar-refractivity contribution in [2.75, 3.05) is 11.5 Å². The first kappa shape index (κ1) is 24.9. The standard InChI is InChI=1S/C27H25N3O5S/c1-16-12-17(2)26(18(3)13-16)35-27-21(10-11-22(29-27)19-6-4-7-20(31)14-19)23(32)15-36(33,34)25-9-5-8-24(28)30-25/h4-14,31H,15H2,1-3H3,(H2,28,30). The van der Waals surface area contributed by atoms with Gasteiger partial charge >= 0.3 is 0 Å². The largest absolute Gasteiger partial charge is 0.508 e. The molecule has 2 aromatic heterocycles. The van der Waals surface area contributed by atoms with E-state index in [2.05, 4.69) is 9.97 Å². The van der Waals surface area contributed by atoms with Gasteiger partial charge in [0.15, 0.2) is 10.8 Å². The van der Waals surface area contributed by atoms with Crippen LogP contribution in [0.5, 0.6) is 17.4 Å². The topological polar surface area (TPSA) is 132 Å². The fourth-order valence-corrected chi connectivity index (χ4v) is 5.09. The summed E-state index contributed by atoms with van der Waals surface area (Å²) in [5.74, 6) is -0.953. The van der Waals surface area contributed by atoms with Crippen LogP contribution in [-0.4, -0.2) is 35.0 Å². The number of pyridine rings is 2. The Kier molecular flexibility index (Phi) is 6.76. The number of aryl methyl sites for hydroxylation is 3. The van der Waals surface area contributed by atoms with Crippen molar-refractivity contribution >= 4 is 21.4 Å². The molecule has 0 bridgehead atoms. The molecule has 0 radical (unpaired) electrons. The molecule has 2 aromatic carbocycles. The Hall–Kier alpha value is -4.24. The highest BCUT2D eigenvalue weighted by molar-refractivity contribution is 7.92. The Morgan fingerprint density at radius 3 is 2.31 bits per heavy atom. The number of Topliss-reactive ketones (excluding diaryl/α,β-unsaturated/α-hetero) is 1. The summed E-state index contributed by atoms with van der Waals surface area (Å²) in [4.78, 5) is 21.6. The lowest BCUT2D eigenvalue weighted by atomic mass is 10.1. The monoisotopic (exact) mass is 503 g/mol. The molecule has 4 aromatic rings. The summed E-state index contributed by atoms with van der Waals surface area (Å²) >= 11 is 0. The van der Waals surface area contributed by atoms with E-state index in [-0.39, 0.29) is 28.0 Å². The molecule has 0 spiro atoms. The third kappa shape index (κ3) is 5.36. The summed E-state index contributed by atoms with van der Waals surface area (Å²) in [5, 5.41) is 9.60. The summed E-state index contributed by atoms with van der Waals surface area (Å²) in [7, 11) is -4.07. The number of carbonyl (C=O) groups is 1. The van der Waals surface area contributed by atoms with E-state index < -0.39 is 21.4 Å². The summed E-state index contributed by atoms with van der Waals surface area (Å²) in [5.41, 5.74) is 9.41. The average Bonchev–Trinajstić information content (AvgIpc) is 2.81. The summed E-state index contributed by atoms with van der Waals surface area (Å²) in [6.07, 6.45) is 0. The maximum Gasteiger partial charge on any atom is 0.230 e. The van der Waals surface area contributed by atoms with Gasteiger partial charge in [-0.25, -0.2) is 18.4 Å². The van der Waals surface area contributed by atoms with E-state index in [1.54, 1.807) is 18.2 Å². The molecule has 2 heterocycles. The zero-order valence-corrected chi connectivity index (χ0v) is 20.8. The van der Waals surface area contributed by atoms with Gasteiger partial charge in [-0.3, -0.25) is 4.79 Å². The Morgan fingerprint density at radius 2 is 1.64 bits per heavy atom. The summed E-state index contributed by atoms with van der Waals surface area (Å²) in [6.45, 7) is 5.73. The van der Waals surface area contributed by atoms with E-state index in [0.29, 0.717) is 17.0 Å². The van der Waals surface area contributed by atoms with Crippen molar-refractivity contribution in [1.29, 1.82) is 0 Å². The lowest BCUT2D eigenvalue weighted by molar-refractivity contribution is 0.101. The number of ketones is 1. The number of carbonyl (C=O) groups excluding carboxylic acids is 1. The second kappa shape index (κ2) is 9.79. The maximum absolute atomic E-state index is 13.3. The lowest BCUT2D eigenvalue weighted by Crippen LogP contribution is -2.19. The number of anilines is 1. The van der Waals surface area contributed by atoms with Crippen LogP contribution < -0.4 is 10.5 Å².